The molecule has 104 valence electrons. The van der Waals surface area contributed by atoms with Crippen LogP contribution in [0.2, 0.25) is 0 Å². The van der Waals surface area contributed by atoms with Crippen molar-refractivity contribution in [3.63, 3.8) is 0 Å². The van der Waals surface area contributed by atoms with Crippen molar-refractivity contribution in [2.24, 2.45) is 5.92 Å². The molecule has 0 radical (unpaired) electrons. The first kappa shape index (κ1) is 14.1. The van der Waals surface area contributed by atoms with Crippen LogP contribution in [0.5, 0.6) is 0 Å². The van der Waals surface area contributed by atoms with Crippen LogP contribution in [0, 0.1) is 5.92 Å². The van der Waals surface area contributed by atoms with Crippen LogP contribution in [-0.4, -0.2) is 30.9 Å². The van der Waals surface area contributed by atoms with Crippen molar-refractivity contribution in [1.29, 1.82) is 0 Å². The van der Waals surface area contributed by atoms with E-state index in [0.717, 1.165) is 32.4 Å². The van der Waals surface area contributed by atoms with E-state index < -0.39 is 0 Å². The first-order valence-electron chi connectivity index (χ1n) is 7.24. The molecule has 1 unspecified atom stereocenters. The number of benzene rings is 1. The number of hydrogen-bond donors (Lipinski definition) is 1. The number of carbonyl (C=O) groups is 1. The van der Waals surface area contributed by atoms with Crippen molar-refractivity contribution in [1.82, 2.24) is 10.2 Å². The minimum Gasteiger partial charge on any atom is -0.341 e. The molecule has 1 N–H and O–H groups in total. The average Bonchev–Trinajstić information content (AvgIpc) is 2.48. The molecule has 2 rings (SSSR count). The van der Waals surface area contributed by atoms with Crippen LogP contribution in [0.4, 0.5) is 0 Å². The third-order valence-electron chi connectivity index (χ3n) is 3.87. The van der Waals surface area contributed by atoms with Crippen LogP contribution in [0.15, 0.2) is 24.3 Å². The van der Waals surface area contributed by atoms with E-state index >= 15 is 0 Å². The minimum absolute atomic E-state index is 0.161. The number of hydrogen-bond acceptors (Lipinski definition) is 2. The van der Waals surface area contributed by atoms with Gasteiger partial charge in [-0.3, -0.25) is 4.79 Å². The summed E-state index contributed by atoms with van der Waals surface area (Å²) in [4.78, 5) is 14.2. The Labute approximate surface area is 116 Å². The van der Waals surface area contributed by atoms with Crippen molar-refractivity contribution >= 4 is 5.91 Å². The largest absolute Gasteiger partial charge is 0.341 e. The van der Waals surface area contributed by atoms with Crippen molar-refractivity contribution in [3.05, 3.63) is 35.4 Å². The molecule has 1 amide bonds. The number of piperidine rings is 1. The molecule has 1 aromatic rings. The topological polar surface area (TPSA) is 32.3 Å². The normalized spacial score (nSPS) is 19.2. The fourth-order valence-corrected chi connectivity index (χ4v) is 2.61. The molecule has 1 atom stereocenters. The Bertz CT molecular complexity index is 407. The summed E-state index contributed by atoms with van der Waals surface area (Å²) in [5, 5.41) is 3.30. The summed E-state index contributed by atoms with van der Waals surface area (Å²) >= 11 is 0. The van der Waals surface area contributed by atoms with Crippen molar-refractivity contribution < 1.29 is 4.79 Å². The van der Waals surface area contributed by atoms with Crippen LogP contribution in [0.1, 0.15) is 30.9 Å². The molecule has 3 nitrogen and oxygen atoms in total. The maximum absolute atomic E-state index is 12.3. The van der Waals surface area contributed by atoms with Gasteiger partial charge in [0.2, 0.25) is 5.91 Å². The Morgan fingerprint density at radius 2 is 2.00 bits per heavy atom. The van der Waals surface area contributed by atoms with Crippen LogP contribution < -0.4 is 5.32 Å². The van der Waals surface area contributed by atoms with Crippen molar-refractivity contribution in [3.8, 4) is 0 Å². The highest BCUT2D eigenvalue weighted by Gasteiger charge is 2.23. The molecule has 19 heavy (non-hydrogen) atoms. The van der Waals surface area contributed by atoms with Gasteiger partial charge in [-0.25, -0.2) is 0 Å². The molecule has 1 saturated heterocycles. The smallest absolute Gasteiger partial charge is 0.227 e. The van der Waals surface area contributed by atoms with Gasteiger partial charge in [0.15, 0.2) is 0 Å². The van der Waals surface area contributed by atoms with Gasteiger partial charge in [0, 0.05) is 20.1 Å². The lowest BCUT2D eigenvalue weighted by Gasteiger charge is -2.27. The molecule has 3 heteroatoms. The van der Waals surface area contributed by atoms with Gasteiger partial charge in [0.05, 0.1) is 5.92 Å². The number of nitrogens with zero attached hydrogens (tertiary/aromatic N) is 1. The van der Waals surface area contributed by atoms with E-state index in [4.69, 9.17) is 0 Å². The molecule has 0 spiro atoms. The molecule has 0 bridgehead atoms. The number of rotatable bonds is 4. The van der Waals surface area contributed by atoms with E-state index in [0.29, 0.717) is 6.54 Å². The predicted octanol–water partition coefficient (Wildman–Crippen LogP) is 2.21. The maximum atomic E-state index is 12.3. The monoisotopic (exact) mass is 260 g/mol. The van der Waals surface area contributed by atoms with Crippen molar-refractivity contribution in [2.45, 2.75) is 32.7 Å². The summed E-state index contributed by atoms with van der Waals surface area (Å²) in [6.07, 6.45) is 3.18. The van der Waals surface area contributed by atoms with Gasteiger partial charge >= 0.3 is 0 Å². The molecule has 0 aliphatic carbocycles. The highest BCUT2D eigenvalue weighted by atomic mass is 16.2. The van der Waals surface area contributed by atoms with E-state index in [-0.39, 0.29) is 11.8 Å². The molecule has 0 aromatic heterocycles. The summed E-state index contributed by atoms with van der Waals surface area (Å²) in [7, 11) is 1.91. The fourth-order valence-electron chi connectivity index (χ4n) is 2.61. The molecule has 1 heterocycles. The lowest BCUT2D eigenvalue weighted by Crippen LogP contribution is -2.41. The summed E-state index contributed by atoms with van der Waals surface area (Å²) in [5.41, 5.74) is 2.55. The summed E-state index contributed by atoms with van der Waals surface area (Å²) in [6.45, 7) is 4.74. The van der Waals surface area contributed by atoms with Crippen LogP contribution in [-0.2, 0) is 17.8 Å². The summed E-state index contributed by atoms with van der Waals surface area (Å²) in [6, 6.07) is 8.55. The second kappa shape index (κ2) is 6.71. The second-order valence-electron chi connectivity index (χ2n) is 5.41. The zero-order chi connectivity index (χ0) is 13.7. The number of nitrogens with one attached hydrogen (secondary N) is 1. The van der Waals surface area contributed by atoms with E-state index in [1.807, 2.05) is 11.9 Å². The Morgan fingerprint density at radius 3 is 2.58 bits per heavy atom. The van der Waals surface area contributed by atoms with E-state index in [1.165, 1.54) is 11.1 Å². The van der Waals surface area contributed by atoms with Gasteiger partial charge in [-0.1, -0.05) is 31.2 Å². The van der Waals surface area contributed by atoms with Gasteiger partial charge in [0.1, 0.15) is 0 Å². The molecule has 1 aliphatic rings. The van der Waals surface area contributed by atoms with Gasteiger partial charge in [0.25, 0.3) is 0 Å². The van der Waals surface area contributed by atoms with Gasteiger partial charge in [-0.15, -0.1) is 0 Å². The zero-order valence-electron chi connectivity index (χ0n) is 12.0. The van der Waals surface area contributed by atoms with E-state index in [2.05, 4.69) is 36.5 Å². The SMILES string of the molecule is CCc1ccc(CN(C)C(=O)C2CCCNC2)cc1. The van der Waals surface area contributed by atoms with Crippen LogP contribution >= 0.6 is 0 Å². The highest BCUT2D eigenvalue weighted by Crippen LogP contribution is 2.15. The molecular weight excluding hydrogens is 236 g/mol. The predicted molar refractivity (Wildman–Crippen MR) is 77.9 cm³/mol. The quantitative estimate of drug-likeness (QED) is 0.900. The molecular formula is C16H24N2O. The zero-order valence-corrected chi connectivity index (χ0v) is 12.0. The Balaban J connectivity index is 1.91. The number of carbonyl (C=O) groups excluding carboxylic acids is 1. The van der Waals surface area contributed by atoms with Crippen LogP contribution in [0.25, 0.3) is 0 Å². The lowest BCUT2D eigenvalue weighted by molar-refractivity contribution is -0.135. The lowest BCUT2D eigenvalue weighted by atomic mass is 9.98. The average molecular weight is 260 g/mol. The number of aryl methyl sites for hydroxylation is 1. The van der Waals surface area contributed by atoms with Gasteiger partial charge in [-0.05, 0) is 36.9 Å². The van der Waals surface area contributed by atoms with E-state index in [1.54, 1.807) is 0 Å². The third kappa shape index (κ3) is 3.80. The van der Waals surface area contributed by atoms with Gasteiger partial charge in [-0.2, -0.15) is 0 Å². The molecule has 0 saturated carbocycles. The maximum Gasteiger partial charge on any atom is 0.227 e. The third-order valence-corrected chi connectivity index (χ3v) is 3.87. The second-order valence-corrected chi connectivity index (χ2v) is 5.41. The minimum atomic E-state index is 0.161. The molecule has 1 aromatic carbocycles. The summed E-state index contributed by atoms with van der Waals surface area (Å²) < 4.78 is 0. The van der Waals surface area contributed by atoms with Crippen LogP contribution in [0.3, 0.4) is 0 Å². The fraction of sp³-hybridized carbons (Fsp3) is 0.562. The Morgan fingerprint density at radius 1 is 1.32 bits per heavy atom. The van der Waals surface area contributed by atoms with E-state index in [9.17, 15) is 4.79 Å². The highest BCUT2D eigenvalue weighted by molar-refractivity contribution is 5.78. The van der Waals surface area contributed by atoms with Crippen molar-refractivity contribution in [2.75, 3.05) is 20.1 Å². The molecule has 1 aliphatic heterocycles. The first-order valence-corrected chi connectivity index (χ1v) is 7.24. The Kier molecular flexibility index (Phi) is 4.97. The first-order chi connectivity index (χ1) is 9.20. The molecule has 1 fully saturated rings. The number of amides is 1. The Hall–Kier alpha value is -1.35. The summed E-state index contributed by atoms with van der Waals surface area (Å²) in [5.74, 6) is 0.431. The standard InChI is InChI=1S/C16H24N2O/c1-3-13-6-8-14(9-7-13)12-18(2)16(19)15-5-4-10-17-11-15/h6-9,15,17H,3-5,10-12H2,1-2H3. The van der Waals surface area contributed by atoms with Gasteiger partial charge < -0.3 is 10.2 Å².